The smallest absolute Gasteiger partial charge is 0.195 e. The first-order valence-electron chi connectivity index (χ1n) is 9.73. The van der Waals surface area contributed by atoms with Crippen LogP contribution in [0.25, 0.3) is 11.4 Å². The Kier molecular flexibility index (Phi) is 5.21. The Labute approximate surface area is 160 Å². The summed E-state index contributed by atoms with van der Waals surface area (Å²) in [6.07, 6.45) is 2.93. The fraction of sp³-hybridized carbons (Fsp3) is 0.364. The first kappa shape index (κ1) is 17.7. The van der Waals surface area contributed by atoms with Gasteiger partial charge in [-0.3, -0.25) is 4.90 Å². The lowest BCUT2D eigenvalue weighted by atomic mass is 10.1. The van der Waals surface area contributed by atoms with Gasteiger partial charge in [-0.05, 0) is 19.9 Å². The van der Waals surface area contributed by atoms with Gasteiger partial charge in [0.1, 0.15) is 5.76 Å². The lowest BCUT2D eigenvalue weighted by Crippen LogP contribution is -2.30. The molecule has 0 amide bonds. The maximum atomic E-state index is 6.05. The summed E-state index contributed by atoms with van der Waals surface area (Å²) in [5, 5.41) is 0. The van der Waals surface area contributed by atoms with Crippen molar-refractivity contribution in [3.8, 4) is 11.4 Å². The zero-order valence-electron chi connectivity index (χ0n) is 16.1. The molecule has 3 heterocycles. The minimum Gasteiger partial charge on any atom is -0.444 e. The van der Waals surface area contributed by atoms with Crippen molar-refractivity contribution in [1.29, 1.82) is 0 Å². The van der Waals surface area contributed by atoms with E-state index in [9.17, 15) is 0 Å². The summed E-state index contributed by atoms with van der Waals surface area (Å²) in [5.41, 5.74) is 3.46. The van der Waals surface area contributed by atoms with E-state index in [2.05, 4.69) is 52.9 Å². The fourth-order valence-electron chi connectivity index (χ4n) is 3.61. The third-order valence-corrected chi connectivity index (χ3v) is 5.15. The fourth-order valence-corrected chi connectivity index (χ4v) is 3.61. The van der Waals surface area contributed by atoms with Crippen LogP contribution in [0, 0.1) is 0 Å². The number of hydrogen-bond donors (Lipinski definition) is 0. The largest absolute Gasteiger partial charge is 0.444 e. The highest BCUT2D eigenvalue weighted by molar-refractivity contribution is 5.54. The van der Waals surface area contributed by atoms with Gasteiger partial charge in [0.05, 0.1) is 12.2 Å². The second kappa shape index (κ2) is 7.92. The van der Waals surface area contributed by atoms with Crippen LogP contribution in [0.4, 0.5) is 5.88 Å². The molecule has 0 saturated heterocycles. The van der Waals surface area contributed by atoms with E-state index in [1.807, 2.05) is 24.4 Å². The van der Waals surface area contributed by atoms with Crippen molar-refractivity contribution >= 4 is 5.88 Å². The van der Waals surface area contributed by atoms with Gasteiger partial charge < -0.3 is 9.32 Å². The summed E-state index contributed by atoms with van der Waals surface area (Å²) in [4.78, 5) is 14.0. The minimum atomic E-state index is 0.817. The van der Waals surface area contributed by atoms with Crippen molar-refractivity contribution in [3.05, 3.63) is 65.7 Å². The predicted molar refractivity (Wildman–Crippen MR) is 108 cm³/mol. The number of benzene rings is 1. The van der Waals surface area contributed by atoms with Crippen molar-refractivity contribution in [2.75, 3.05) is 24.5 Å². The lowest BCUT2D eigenvalue weighted by molar-refractivity contribution is 0.224. The number of anilines is 1. The molecular formula is C22H26N4O. The molecule has 4 rings (SSSR count). The topological polar surface area (TPSA) is 45.4 Å². The minimum absolute atomic E-state index is 0.817. The summed E-state index contributed by atoms with van der Waals surface area (Å²) in [6.45, 7) is 8.89. The molecule has 0 aliphatic carbocycles. The zero-order valence-corrected chi connectivity index (χ0v) is 16.1. The Morgan fingerprint density at radius 3 is 2.67 bits per heavy atom. The summed E-state index contributed by atoms with van der Waals surface area (Å²) < 4.78 is 6.05. The Morgan fingerprint density at radius 2 is 1.89 bits per heavy atom. The quantitative estimate of drug-likeness (QED) is 0.659. The highest BCUT2D eigenvalue weighted by Gasteiger charge is 2.20. The molecular weight excluding hydrogens is 336 g/mol. The van der Waals surface area contributed by atoms with Crippen LogP contribution in [0.15, 0.2) is 53.1 Å². The molecule has 140 valence electrons. The van der Waals surface area contributed by atoms with Crippen LogP contribution < -0.4 is 4.90 Å². The van der Waals surface area contributed by atoms with Crippen molar-refractivity contribution < 1.29 is 4.42 Å². The van der Waals surface area contributed by atoms with Gasteiger partial charge in [0, 0.05) is 56.0 Å². The second-order valence-electron chi connectivity index (χ2n) is 6.90. The van der Waals surface area contributed by atoms with E-state index in [0.717, 1.165) is 62.2 Å². The highest BCUT2D eigenvalue weighted by Crippen LogP contribution is 2.24. The molecule has 3 aromatic rings. The molecule has 5 heteroatoms. The predicted octanol–water partition coefficient (Wildman–Crippen LogP) is 4.14. The van der Waals surface area contributed by atoms with E-state index in [4.69, 9.17) is 9.40 Å². The maximum Gasteiger partial charge on any atom is 0.195 e. The van der Waals surface area contributed by atoms with Crippen LogP contribution in [0.1, 0.15) is 30.9 Å². The Morgan fingerprint density at radius 1 is 1.07 bits per heavy atom. The van der Waals surface area contributed by atoms with Gasteiger partial charge in [0.15, 0.2) is 11.7 Å². The molecule has 1 aliphatic rings. The molecule has 0 unspecified atom stereocenters. The summed E-state index contributed by atoms with van der Waals surface area (Å²) in [6, 6.07) is 14.3. The van der Waals surface area contributed by atoms with Gasteiger partial charge in [-0.25, -0.2) is 9.97 Å². The molecule has 0 atom stereocenters. The third-order valence-electron chi connectivity index (χ3n) is 5.15. The molecule has 0 radical (unpaired) electrons. The second-order valence-corrected chi connectivity index (χ2v) is 6.90. The number of fused-ring (bicyclic) bond motifs is 1. The lowest BCUT2D eigenvalue weighted by Gasteiger charge is -2.27. The molecule has 5 nitrogen and oxygen atoms in total. The molecule has 0 fully saturated rings. The molecule has 27 heavy (non-hydrogen) atoms. The van der Waals surface area contributed by atoms with E-state index < -0.39 is 0 Å². The maximum absolute atomic E-state index is 6.05. The first-order valence-corrected chi connectivity index (χ1v) is 9.73. The number of nitrogens with zero attached hydrogens (tertiary/aromatic N) is 4. The van der Waals surface area contributed by atoms with Gasteiger partial charge in [-0.15, -0.1) is 0 Å². The summed E-state index contributed by atoms with van der Waals surface area (Å²) in [7, 11) is 0. The van der Waals surface area contributed by atoms with Crippen molar-refractivity contribution in [2.45, 2.75) is 33.4 Å². The number of hydrogen-bond acceptors (Lipinski definition) is 5. The van der Waals surface area contributed by atoms with Gasteiger partial charge in [0.2, 0.25) is 0 Å². The number of aromatic nitrogens is 2. The van der Waals surface area contributed by atoms with Crippen LogP contribution in [0.2, 0.25) is 0 Å². The van der Waals surface area contributed by atoms with E-state index in [1.165, 1.54) is 11.3 Å². The van der Waals surface area contributed by atoms with E-state index >= 15 is 0 Å². The highest BCUT2D eigenvalue weighted by atomic mass is 16.4. The van der Waals surface area contributed by atoms with Crippen LogP contribution >= 0.6 is 0 Å². The molecule has 1 aliphatic heterocycles. The van der Waals surface area contributed by atoms with Gasteiger partial charge in [-0.2, -0.15) is 0 Å². The van der Waals surface area contributed by atoms with Crippen LogP contribution in [-0.4, -0.2) is 34.5 Å². The van der Waals surface area contributed by atoms with Crippen molar-refractivity contribution in [1.82, 2.24) is 14.9 Å². The molecule has 0 N–H and O–H groups in total. The third kappa shape index (κ3) is 3.88. The average molecular weight is 362 g/mol. The summed E-state index contributed by atoms with van der Waals surface area (Å²) in [5.74, 6) is 2.79. The van der Waals surface area contributed by atoms with Gasteiger partial charge in [0.25, 0.3) is 0 Å². The van der Waals surface area contributed by atoms with Gasteiger partial charge in [-0.1, -0.05) is 30.3 Å². The van der Waals surface area contributed by atoms with Crippen molar-refractivity contribution in [2.24, 2.45) is 0 Å². The Hall–Kier alpha value is -2.66. The standard InChI is InChI=1S/C22H26N4O/c1-3-26(4-2)21-11-10-19(27-21)16-25-13-12-20-18(15-25)14-23-22(24-20)17-8-6-5-7-9-17/h5-11,14H,3-4,12-13,15-16H2,1-2H3. The summed E-state index contributed by atoms with van der Waals surface area (Å²) >= 11 is 0. The average Bonchev–Trinajstić information content (AvgIpc) is 3.17. The van der Waals surface area contributed by atoms with E-state index in [-0.39, 0.29) is 0 Å². The number of rotatable bonds is 6. The molecule has 2 aromatic heterocycles. The molecule has 0 saturated carbocycles. The monoisotopic (exact) mass is 362 g/mol. The van der Waals surface area contributed by atoms with Crippen molar-refractivity contribution in [3.63, 3.8) is 0 Å². The van der Waals surface area contributed by atoms with Crippen LogP contribution in [0.5, 0.6) is 0 Å². The Bertz CT molecular complexity index is 886. The molecule has 0 bridgehead atoms. The number of furan rings is 1. The SMILES string of the molecule is CCN(CC)c1ccc(CN2CCc3nc(-c4ccccc4)ncc3C2)o1. The first-order chi connectivity index (χ1) is 13.3. The van der Waals surface area contributed by atoms with Gasteiger partial charge >= 0.3 is 0 Å². The van der Waals surface area contributed by atoms with Crippen LogP contribution in [-0.2, 0) is 19.5 Å². The van der Waals surface area contributed by atoms with E-state index in [0.29, 0.717) is 0 Å². The normalized spacial score (nSPS) is 14.1. The van der Waals surface area contributed by atoms with E-state index in [1.54, 1.807) is 0 Å². The molecule has 1 aromatic carbocycles. The van der Waals surface area contributed by atoms with Crippen LogP contribution in [0.3, 0.4) is 0 Å². The zero-order chi connectivity index (χ0) is 18.6. The molecule has 0 spiro atoms. The Balaban J connectivity index is 1.44.